The summed E-state index contributed by atoms with van der Waals surface area (Å²) in [4.78, 5) is 15.2. The van der Waals surface area contributed by atoms with Crippen LogP contribution in [-0.4, -0.2) is 48.0 Å². The van der Waals surface area contributed by atoms with E-state index in [-0.39, 0.29) is 6.03 Å². The van der Waals surface area contributed by atoms with Crippen LogP contribution in [0.5, 0.6) is 0 Å². The van der Waals surface area contributed by atoms with E-state index in [4.69, 9.17) is 18.0 Å². The summed E-state index contributed by atoms with van der Waals surface area (Å²) in [6.07, 6.45) is 0.586. The van der Waals surface area contributed by atoms with Crippen molar-refractivity contribution in [2.75, 3.05) is 27.2 Å². The molecule has 0 unspecified atom stereocenters. The number of thiocarbonyl (C=S) groups is 1. The normalized spacial score (nSPS) is 9.46. The van der Waals surface area contributed by atoms with E-state index in [1.165, 1.54) is 0 Å². The number of hydrogen-bond acceptors (Lipinski definition) is 2. The Bertz CT molecular complexity index is 194. The summed E-state index contributed by atoms with van der Waals surface area (Å²) in [6.45, 7) is 3.21. The summed E-state index contributed by atoms with van der Waals surface area (Å²) in [5.74, 6) is 0. The van der Waals surface area contributed by atoms with Gasteiger partial charge in [-0.05, 0) is 6.92 Å². The van der Waals surface area contributed by atoms with Crippen LogP contribution in [0, 0.1) is 0 Å². The van der Waals surface area contributed by atoms with Gasteiger partial charge in [0.25, 0.3) is 0 Å². The molecule has 76 valence electrons. The van der Waals surface area contributed by atoms with Gasteiger partial charge >= 0.3 is 6.03 Å². The molecule has 0 radical (unpaired) electrons. The van der Waals surface area contributed by atoms with Crippen LogP contribution in [0.15, 0.2) is 0 Å². The first-order valence-electron chi connectivity index (χ1n) is 4.23. The van der Waals surface area contributed by atoms with Crippen molar-refractivity contribution in [2.24, 2.45) is 5.73 Å². The lowest BCUT2D eigenvalue weighted by Gasteiger charge is -2.24. The Morgan fingerprint density at radius 1 is 1.46 bits per heavy atom. The molecular weight excluding hydrogens is 186 g/mol. The maximum atomic E-state index is 11.5. The zero-order chi connectivity index (χ0) is 10.4. The Kier molecular flexibility index (Phi) is 5.37. The first-order valence-corrected chi connectivity index (χ1v) is 4.64. The first-order chi connectivity index (χ1) is 5.99. The van der Waals surface area contributed by atoms with E-state index < -0.39 is 0 Å². The summed E-state index contributed by atoms with van der Waals surface area (Å²) in [7, 11) is 3.46. The molecule has 0 fully saturated rings. The van der Waals surface area contributed by atoms with Crippen molar-refractivity contribution in [1.82, 2.24) is 9.80 Å². The predicted octanol–water partition coefficient (Wildman–Crippen LogP) is 0.666. The number of carbonyl (C=O) groups is 1. The third kappa shape index (κ3) is 4.67. The molecule has 0 aliphatic rings. The van der Waals surface area contributed by atoms with E-state index in [2.05, 4.69) is 0 Å². The van der Waals surface area contributed by atoms with Crippen LogP contribution in [0.25, 0.3) is 0 Å². The molecule has 0 rings (SSSR count). The first kappa shape index (κ1) is 12.2. The molecule has 0 heterocycles. The van der Waals surface area contributed by atoms with Gasteiger partial charge in [0.1, 0.15) is 0 Å². The van der Waals surface area contributed by atoms with Crippen LogP contribution < -0.4 is 5.73 Å². The van der Waals surface area contributed by atoms with Gasteiger partial charge in [0.05, 0.1) is 4.99 Å². The summed E-state index contributed by atoms with van der Waals surface area (Å²) in [5, 5.41) is 0. The molecule has 0 aliphatic carbocycles. The van der Waals surface area contributed by atoms with E-state index in [0.717, 1.165) is 0 Å². The van der Waals surface area contributed by atoms with Crippen molar-refractivity contribution < 1.29 is 4.79 Å². The van der Waals surface area contributed by atoms with Crippen molar-refractivity contribution in [1.29, 1.82) is 0 Å². The second-order valence-electron chi connectivity index (χ2n) is 2.97. The van der Waals surface area contributed by atoms with Crippen molar-refractivity contribution in [2.45, 2.75) is 13.3 Å². The number of nitrogens with two attached hydrogens (primary N) is 1. The van der Waals surface area contributed by atoms with Gasteiger partial charge in [0.2, 0.25) is 0 Å². The van der Waals surface area contributed by atoms with Crippen LogP contribution in [0.4, 0.5) is 4.79 Å². The zero-order valence-corrected chi connectivity index (χ0v) is 9.23. The van der Waals surface area contributed by atoms with Gasteiger partial charge in [-0.25, -0.2) is 4.79 Å². The van der Waals surface area contributed by atoms with Crippen molar-refractivity contribution >= 4 is 23.2 Å². The fourth-order valence-electron chi connectivity index (χ4n) is 0.917. The third-order valence-electron chi connectivity index (χ3n) is 1.66. The molecule has 0 atom stereocenters. The number of hydrogen-bond donors (Lipinski definition) is 1. The fraction of sp³-hybridized carbons (Fsp3) is 0.750. The topological polar surface area (TPSA) is 49.6 Å². The molecular formula is C8H17N3OS. The maximum absolute atomic E-state index is 11.5. The highest BCUT2D eigenvalue weighted by atomic mass is 32.1. The van der Waals surface area contributed by atoms with Gasteiger partial charge in [0, 0.05) is 33.6 Å². The van der Waals surface area contributed by atoms with E-state index in [0.29, 0.717) is 24.5 Å². The number of carbonyl (C=O) groups excluding carboxylic acids is 1. The Balaban J connectivity index is 4.02. The standard InChI is InChI=1S/C8H17N3OS/c1-4-11(6-5-7(9)13)8(12)10(2)3/h4-6H2,1-3H3,(H2,9,13). The highest BCUT2D eigenvalue weighted by Gasteiger charge is 2.12. The smallest absolute Gasteiger partial charge is 0.319 e. The SMILES string of the molecule is CCN(CCC(N)=S)C(=O)N(C)C. The summed E-state index contributed by atoms with van der Waals surface area (Å²) in [5.41, 5.74) is 5.35. The number of urea groups is 1. The lowest BCUT2D eigenvalue weighted by Crippen LogP contribution is -2.40. The largest absolute Gasteiger partial charge is 0.393 e. The minimum Gasteiger partial charge on any atom is -0.393 e. The van der Waals surface area contributed by atoms with E-state index in [9.17, 15) is 4.79 Å². The molecule has 0 aromatic heterocycles. The van der Waals surface area contributed by atoms with E-state index in [1.807, 2.05) is 6.92 Å². The van der Waals surface area contributed by atoms with Gasteiger partial charge < -0.3 is 15.5 Å². The predicted molar refractivity (Wildman–Crippen MR) is 57.7 cm³/mol. The van der Waals surface area contributed by atoms with Gasteiger partial charge in [-0.3, -0.25) is 0 Å². The van der Waals surface area contributed by atoms with Crippen molar-refractivity contribution in [3.8, 4) is 0 Å². The van der Waals surface area contributed by atoms with Crippen LogP contribution >= 0.6 is 12.2 Å². The number of amides is 2. The second kappa shape index (κ2) is 5.75. The average molecular weight is 203 g/mol. The van der Waals surface area contributed by atoms with E-state index in [1.54, 1.807) is 23.9 Å². The van der Waals surface area contributed by atoms with Gasteiger partial charge in [-0.2, -0.15) is 0 Å². The maximum Gasteiger partial charge on any atom is 0.319 e. The molecule has 0 saturated heterocycles. The number of nitrogens with zero attached hydrogens (tertiary/aromatic N) is 2. The Morgan fingerprint density at radius 3 is 2.31 bits per heavy atom. The van der Waals surface area contributed by atoms with Gasteiger partial charge in [-0.1, -0.05) is 12.2 Å². The lowest BCUT2D eigenvalue weighted by molar-refractivity contribution is 0.175. The highest BCUT2D eigenvalue weighted by Crippen LogP contribution is 1.96. The average Bonchev–Trinajstić information content (AvgIpc) is 2.04. The van der Waals surface area contributed by atoms with Crippen LogP contribution in [0.2, 0.25) is 0 Å². The quantitative estimate of drug-likeness (QED) is 0.683. The summed E-state index contributed by atoms with van der Waals surface area (Å²) in [6, 6.07) is -0.00116. The fourth-order valence-corrected chi connectivity index (χ4v) is 1.01. The molecule has 2 N–H and O–H groups in total. The molecule has 0 aromatic carbocycles. The van der Waals surface area contributed by atoms with E-state index >= 15 is 0 Å². The van der Waals surface area contributed by atoms with Crippen LogP contribution in [0.3, 0.4) is 0 Å². The molecule has 5 heteroatoms. The second-order valence-corrected chi connectivity index (χ2v) is 3.50. The molecule has 0 aliphatic heterocycles. The summed E-state index contributed by atoms with van der Waals surface area (Å²) < 4.78 is 0. The van der Waals surface area contributed by atoms with Gasteiger partial charge in [-0.15, -0.1) is 0 Å². The minimum atomic E-state index is -0.00116. The van der Waals surface area contributed by atoms with Crippen LogP contribution in [-0.2, 0) is 0 Å². The summed E-state index contributed by atoms with van der Waals surface area (Å²) >= 11 is 4.74. The zero-order valence-electron chi connectivity index (χ0n) is 8.41. The van der Waals surface area contributed by atoms with Crippen LogP contribution in [0.1, 0.15) is 13.3 Å². The molecule has 2 amide bonds. The Hall–Kier alpha value is -0.840. The molecule has 0 bridgehead atoms. The molecule has 13 heavy (non-hydrogen) atoms. The van der Waals surface area contributed by atoms with Gasteiger partial charge in [0.15, 0.2) is 0 Å². The lowest BCUT2D eigenvalue weighted by atomic mass is 10.4. The third-order valence-corrected chi connectivity index (χ3v) is 1.87. The Labute approximate surface area is 84.7 Å². The number of rotatable bonds is 4. The molecule has 4 nitrogen and oxygen atoms in total. The molecule has 0 spiro atoms. The molecule has 0 saturated carbocycles. The molecule has 0 aromatic rings. The van der Waals surface area contributed by atoms with Crippen molar-refractivity contribution in [3.63, 3.8) is 0 Å². The Morgan fingerprint density at radius 2 is 2.00 bits per heavy atom. The monoisotopic (exact) mass is 203 g/mol. The van der Waals surface area contributed by atoms with Crippen molar-refractivity contribution in [3.05, 3.63) is 0 Å². The minimum absolute atomic E-state index is 0.00116. The highest BCUT2D eigenvalue weighted by molar-refractivity contribution is 7.80.